The second-order valence-electron chi connectivity index (χ2n) is 5.12. The minimum absolute atomic E-state index is 0.0222. The summed E-state index contributed by atoms with van der Waals surface area (Å²) in [5.74, 6) is -1.03. The molecule has 0 aliphatic rings. The molecular weight excluding hydrogens is 252 g/mol. The quantitative estimate of drug-likeness (QED) is 0.764. The molecule has 0 bridgehead atoms. The summed E-state index contributed by atoms with van der Waals surface area (Å²) < 4.78 is 2.17. The van der Waals surface area contributed by atoms with Gasteiger partial charge in [0.05, 0.1) is 26.2 Å². The van der Waals surface area contributed by atoms with Crippen LogP contribution >= 0.6 is 0 Å². The molecule has 0 fully saturated rings. The Labute approximate surface area is 119 Å². The van der Waals surface area contributed by atoms with Crippen LogP contribution in [0.3, 0.4) is 0 Å². The van der Waals surface area contributed by atoms with Crippen LogP contribution in [0.25, 0.3) is 10.9 Å². The molecule has 0 radical (unpaired) electrons. The van der Waals surface area contributed by atoms with E-state index in [1.807, 2.05) is 30.5 Å². The number of aromatic nitrogens is 1. The predicted molar refractivity (Wildman–Crippen MR) is 77.6 cm³/mol. The van der Waals surface area contributed by atoms with Crippen molar-refractivity contribution in [3.63, 3.8) is 0 Å². The molecule has 108 valence electrons. The number of para-hydroxylation sites is 1. The Morgan fingerprint density at radius 1 is 1.25 bits per heavy atom. The molecule has 1 aromatic carbocycles. The lowest BCUT2D eigenvalue weighted by Gasteiger charge is -2.16. The first-order chi connectivity index (χ1) is 9.65. The number of fused-ring (bicyclic) bond motifs is 1. The predicted octanol–water partition coefficient (Wildman–Crippen LogP) is -0.142. The van der Waals surface area contributed by atoms with Crippen LogP contribution in [0.4, 0.5) is 0 Å². The maximum absolute atomic E-state index is 10.9. The first-order valence-electron chi connectivity index (χ1n) is 7.25. The largest absolute Gasteiger partial charge is 0.550 e. The summed E-state index contributed by atoms with van der Waals surface area (Å²) in [4.78, 5) is 12.4. The van der Waals surface area contributed by atoms with E-state index in [1.165, 1.54) is 0 Å². The van der Waals surface area contributed by atoms with Crippen molar-refractivity contribution in [1.29, 1.82) is 0 Å². The van der Waals surface area contributed by atoms with Gasteiger partial charge in [-0.05, 0) is 25.5 Å². The Hall–Kier alpha value is -1.81. The number of nitrogens with zero attached hydrogens (tertiary/aromatic N) is 1. The Balaban J connectivity index is 2.26. The molecule has 1 aromatic heterocycles. The molecule has 20 heavy (non-hydrogen) atoms. The molecular formula is C16H22N2O2. The second-order valence-corrected chi connectivity index (χ2v) is 5.12. The molecule has 2 rings (SSSR count). The number of hydrogen-bond acceptors (Lipinski definition) is 2. The average Bonchev–Trinajstić information content (AvgIpc) is 2.78. The zero-order valence-electron chi connectivity index (χ0n) is 12.2. The van der Waals surface area contributed by atoms with Crippen LogP contribution in [-0.2, 0) is 17.8 Å². The van der Waals surface area contributed by atoms with E-state index in [2.05, 4.69) is 18.4 Å². The van der Waals surface area contributed by atoms with Crippen molar-refractivity contribution in [3.8, 4) is 0 Å². The van der Waals surface area contributed by atoms with Gasteiger partial charge in [0.1, 0.15) is 0 Å². The molecule has 1 heterocycles. The Morgan fingerprint density at radius 3 is 2.60 bits per heavy atom. The minimum atomic E-state index is -1.03. The monoisotopic (exact) mass is 274 g/mol. The Morgan fingerprint density at radius 2 is 1.95 bits per heavy atom. The number of carbonyl (C=O) groups excluding carboxylic acids is 1. The third-order valence-corrected chi connectivity index (χ3v) is 3.91. The number of aliphatic carboxylic acids is 1. The summed E-state index contributed by atoms with van der Waals surface area (Å²) in [6, 6.07) is 7.97. The molecule has 0 atom stereocenters. The van der Waals surface area contributed by atoms with Crippen LogP contribution in [0.15, 0.2) is 30.5 Å². The fourth-order valence-electron chi connectivity index (χ4n) is 2.69. The first-order valence-corrected chi connectivity index (χ1v) is 7.25. The van der Waals surface area contributed by atoms with E-state index in [0.29, 0.717) is 0 Å². The van der Waals surface area contributed by atoms with E-state index in [1.54, 1.807) is 4.90 Å². The molecule has 0 spiro atoms. The van der Waals surface area contributed by atoms with Crippen LogP contribution in [-0.4, -0.2) is 30.2 Å². The van der Waals surface area contributed by atoms with E-state index in [0.717, 1.165) is 42.6 Å². The molecule has 2 aromatic rings. The van der Waals surface area contributed by atoms with E-state index in [4.69, 9.17) is 0 Å². The third-order valence-electron chi connectivity index (χ3n) is 3.91. The number of rotatable bonds is 7. The van der Waals surface area contributed by atoms with Gasteiger partial charge in [-0.25, -0.2) is 0 Å². The van der Waals surface area contributed by atoms with Gasteiger partial charge in [-0.1, -0.05) is 18.2 Å². The van der Waals surface area contributed by atoms with Crippen LogP contribution in [0.5, 0.6) is 0 Å². The summed E-state index contributed by atoms with van der Waals surface area (Å²) in [5.41, 5.74) is 1.95. The van der Waals surface area contributed by atoms with Crippen LogP contribution < -0.4 is 10.0 Å². The topological polar surface area (TPSA) is 49.5 Å². The fraction of sp³-hybridized carbons (Fsp3) is 0.438. The SMILES string of the molecule is CC[NH+](CC)CCn1cc(CC(=O)[O-])c2ccccc21. The highest BCUT2D eigenvalue weighted by atomic mass is 16.4. The van der Waals surface area contributed by atoms with Crippen molar-refractivity contribution in [2.24, 2.45) is 0 Å². The molecule has 0 aliphatic heterocycles. The molecule has 0 saturated carbocycles. The number of hydrogen-bond donors (Lipinski definition) is 1. The van der Waals surface area contributed by atoms with Crippen molar-refractivity contribution < 1.29 is 14.8 Å². The van der Waals surface area contributed by atoms with E-state index in [-0.39, 0.29) is 6.42 Å². The zero-order valence-corrected chi connectivity index (χ0v) is 12.2. The third kappa shape index (κ3) is 3.20. The first kappa shape index (κ1) is 14.6. The minimum Gasteiger partial charge on any atom is -0.550 e. The van der Waals surface area contributed by atoms with Crippen molar-refractivity contribution in [2.45, 2.75) is 26.8 Å². The van der Waals surface area contributed by atoms with E-state index >= 15 is 0 Å². The van der Waals surface area contributed by atoms with Crippen molar-refractivity contribution in [3.05, 3.63) is 36.0 Å². The van der Waals surface area contributed by atoms with Gasteiger partial charge >= 0.3 is 0 Å². The van der Waals surface area contributed by atoms with Gasteiger partial charge in [0, 0.05) is 29.5 Å². The van der Waals surface area contributed by atoms with Gasteiger partial charge < -0.3 is 19.4 Å². The lowest BCUT2D eigenvalue weighted by atomic mass is 10.1. The summed E-state index contributed by atoms with van der Waals surface area (Å²) >= 11 is 0. The number of likely N-dealkylation sites (N-methyl/N-ethyl adjacent to an activating group) is 1. The number of quaternary nitrogens is 1. The van der Waals surface area contributed by atoms with E-state index < -0.39 is 5.97 Å². The maximum atomic E-state index is 10.9. The summed E-state index contributed by atoms with van der Waals surface area (Å²) in [7, 11) is 0. The maximum Gasteiger partial charge on any atom is 0.0953 e. The Bertz CT molecular complexity index is 585. The van der Waals surface area contributed by atoms with Gasteiger partial charge in [-0.15, -0.1) is 0 Å². The number of carboxylic acids is 1. The average molecular weight is 274 g/mol. The number of nitrogens with one attached hydrogen (secondary N) is 1. The fourth-order valence-corrected chi connectivity index (χ4v) is 2.69. The number of benzene rings is 1. The zero-order chi connectivity index (χ0) is 14.5. The van der Waals surface area contributed by atoms with Gasteiger partial charge in [0.2, 0.25) is 0 Å². The summed E-state index contributed by atoms with van der Waals surface area (Å²) in [6.45, 7) is 8.56. The highest BCUT2D eigenvalue weighted by Crippen LogP contribution is 2.21. The lowest BCUT2D eigenvalue weighted by Crippen LogP contribution is -3.11. The Kier molecular flexibility index (Phi) is 4.79. The summed E-state index contributed by atoms with van der Waals surface area (Å²) in [5, 5.41) is 11.9. The number of carboxylic acid groups (broad SMARTS) is 1. The van der Waals surface area contributed by atoms with Crippen LogP contribution in [0.2, 0.25) is 0 Å². The molecule has 4 nitrogen and oxygen atoms in total. The highest BCUT2D eigenvalue weighted by molar-refractivity contribution is 5.87. The van der Waals surface area contributed by atoms with Crippen LogP contribution in [0, 0.1) is 0 Å². The van der Waals surface area contributed by atoms with Gasteiger partial charge in [-0.2, -0.15) is 0 Å². The van der Waals surface area contributed by atoms with Crippen molar-refractivity contribution >= 4 is 16.9 Å². The van der Waals surface area contributed by atoms with Crippen LogP contribution in [0.1, 0.15) is 19.4 Å². The molecule has 0 amide bonds. The van der Waals surface area contributed by atoms with Gasteiger partial charge in [-0.3, -0.25) is 0 Å². The lowest BCUT2D eigenvalue weighted by molar-refractivity contribution is -0.897. The smallest absolute Gasteiger partial charge is 0.0953 e. The molecule has 1 N–H and O–H groups in total. The van der Waals surface area contributed by atoms with Gasteiger partial charge in [0.25, 0.3) is 0 Å². The molecule has 0 aliphatic carbocycles. The number of carbonyl (C=O) groups is 1. The molecule has 0 unspecified atom stereocenters. The molecule has 4 heteroatoms. The molecule has 0 saturated heterocycles. The van der Waals surface area contributed by atoms with Gasteiger partial charge in [0.15, 0.2) is 0 Å². The highest BCUT2D eigenvalue weighted by Gasteiger charge is 2.10. The summed E-state index contributed by atoms with van der Waals surface area (Å²) in [6.07, 6.45) is 1.94. The van der Waals surface area contributed by atoms with Crippen molar-refractivity contribution in [2.75, 3.05) is 19.6 Å². The normalized spacial score (nSPS) is 11.3. The second kappa shape index (κ2) is 6.57. The standard InChI is InChI=1S/C16H22N2O2/c1-3-17(4-2)9-10-18-12-13(11-16(19)20)14-7-5-6-8-15(14)18/h5-8,12H,3-4,9-11H2,1-2H3,(H,19,20). The van der Waals surface area contributed by atoms with Crippen molar-refractivity contribution in [1.82, 2.24) is 4.57 Å². The van der Waals surface area contributed by atoms with E-state index in [9.17, 15) is 9.90 Å².